The zero-order valence-electron chi connectivity index (χ0n) is 9.90. The third-order valence-electron chi connectivity index (χ3n) is 4.63. The van der Waals surface area contributed by atoms with Gasteiger partial charge in [-0.05, 0) is 44.4 Å². The Hall–Kier alpha value is -0.570. The molecular weight excluding hydrogens is 240 g/mol. The second-order valence-electron chi connectivity index (χ2n) is 5.79. The lowest BCUT2D eigenvalue weighted by Gasteiger charge is -2.52. The van der Waals surface area contributed by atoms with Gasteiger partial charge in [-0.1, -0.05) is 0 Å². The Balaban J connectivity index is 1.77. The number of carbonyl (C=O) groups excluding carboxylic acids is 2. The molecule has 94 valence electrons. The smallest absolute Gasteiger partial charge is 0.324 e. The zero-order valence-corrected chi connectivity index (χ0v) is 10.7. The van der Waals surface area contributed by atoms with Crippen LogP contribution >= 0.6 is 11.6 Å². The summed E-state index contributed by atoms with van der Waals surface area (Å²) in [6.45, 7) is 1.61. The maximum absolute atomic E-state index is 12.1. The van der Waals surface area contributed by atoms with Gasteiger partial charge in [-0.3, -0.25) is 9.59 Å². The molecule has 0 saturated heterocycles. The van der Waals surface area contributed by atoms with E-state index in [1.54, 1.807) is 6.92 Å². The Morgan fingerprint density at radius 2 is 2.12 bits per heavy atom. The number of rotatable bonds is 2. The Labute approximate surface area is 106 Å². The summed E-state index contributed by atoms with van der Waals surface area (Å²) in [7, 11) is 0. The fourth-order valence-electron chi connectivity index (χ4n) is 3.99. The summed E-state index contributed by atoms with van der Waals surface area (Å²) in [4.78, 5) is 23.7. The number of Topliss-reactive ketones (excluding diaryl/α,β-unsaturated/α-hetero) is 1. The first kappa shape index (κ1) is 11.5. The molecular formula is C13H17ClO3. The number of ether oxygens (including phenoxy) is 1. The third kappa shape index (κ3) is 1.79. The quantitative estimate of drug-likeness (QED) is 0.562. The van der Waals surface area contributed by atoms with Crippen LogP contribution in [0.2, 0.25) is 0 Å². The lowest BCUT2D eigenvalue weighted by atomic mass is 9.54. The van der Waals surface area contributed by atoms with Crippen molar-refractivity contribution >= 4 is 23.4 Å². The summed E-state index contributed by atoms with van der Waals surface area (Å²) in [6, 6.07) is 0. The van der Waals surface area contributed by atoms with Gasteiger partial charge in [0, 0.05) is 5.92 Å². The first-order chi connectivity index (χ1) is 8.06. The molecule has 0 spiro atoms. The van der Waals surface area contributed by atoms with Crippen molar-refractivity contribution in [2.24, 2.45) is 23.7 Å². The van der Waals surface area contributed by atoms with Gasteiger partial charge in [0.15, 0.2) is 0 Å². The molecule has 0 heterocycles. The van der Waals surface area contributed by atoms with Crippen molar-refractivity contribution in [3.8, 4) is 0 Å². The highest BCUT2D eigenvalue weighted by Gasteiger charge is 2.54. The molecule has 0 radical (unpaired) electrons. The summed E-state index contributed by atoms with van der Waals surface area (Å²) in [5.74, 6) is 1.25. The summed E-state index contributed by atoms with van der Waals surface area (Å²) in [5.41, 5.74) is 0. The van der Waals surface area contributed by atoms with E-state index in [0.717, 1.165) is 25.7 Å². The Kier molecular flexibility index (Phi) is 2.69. The van der Waals surface area contributed by atoms with Crippen LogP contribution in [0.4, 0.5) is 0 Å². The molecule has 0 aliphatic heterocycles. The number of esters is 1. The van der Waals surface area contributed by atoms with Crippen molar-refractivity contribution in [2.45, 2.75) is 44.1 Å². The second kappa shape index (κ2) is 3.98. The van der Waals surface area contributed by atoms with Crippen LogP contribution in [-0.2, 0) is 14.3 Å². The van der Waals surface area contributed by atoms with E-state index in [-0.39, 0.29) is 23.9 Å². The minimum Gasteiger partial charge on any atom is -0.460 e. The number of halogens is 1. The molecule has 4 aliphatic carbocycles. The van der Waals surface area contributed by atoms with E-state index in [1.165, 1.54) is 0 Å². The van der Waals surface area contributed by atoms with Gasteiger partial charge in [0.2, 0.25) is 0 Å². The predicted molar refractivity (Wildman–Crippen MR) is 62.6 cm³/mol. The van der Waals surface area contributed by atoms with E-state index in [4.69, 9.17) is 16.3 Å². The van der Waals surface area contributed by atoms with Crippen LogP contribution in [0.15, 0.2) is 0 Å². The minimum absolute atomic E-state index is 0.0365. The van der Waals surface area contributed by atoms with Crippen molar-refractivity contribution in [3.63, 3.8) is 0 Å². The topological polar surface area (TPSA) is 43.4 Å². The molecule has 3 nitrogen and oxygen atoms in total. The lowest BCUT2D eigenvalue weighted by molar-refractivity contribution is -0.175. The first-order valence-corrected chi connectivity index (χ1v) is 6.88. The molecule has 0 N–H and O–H groups in total. The molecule has 4 rings (SSSR count). The standard InChI is InChI=1S/C13H17ClO3/c1-6(14)13(16)17-12-9-3-7-2-8(5-9)11(15)10(12)4-7/h6-10,12H,2-5H2,1H3. The highest BCUT2D eigenvalue weighted by atomic mass is 35.5. The van der Waals surface area contributed by atoms with Gasteiger partial charge >= 0.3 is 5.97 Å². The van der Waals surface area contributed by atoms with E-state index in [2.05, 4.69) is 0 Å². The molecule has 4 heteroatoms. The van der Waals surface area contributed by atoms with E-state index in [9.17, 15) is 9.59 Å². The molecule has 4 saturated carbocycles. The average Bonchev–Trinajstić information content (AvgIpc) is 2.28. The normalized spacial score (nSPS) is 44.8. The SMILES string of the molecule is CC(Cl)C(=O)OC1C2CC3CC(C2)C(=O)C1C3. The first-order valence-electron chi connectivity index (χ1n) is 6.44. The maximum atomic E-state index is 12.1. The highest BCUT2D eigenvalue weighted by molar-refractivity contribution is 6.29. The number of ketones is 1. The van der Waals surface area contributed by atoms with Crippen LogP contribution < -0.4 is 0 Å². The zero-order chi connectivity index (χ0) is 12.2. The molecule has 4 bridgehead atoms. The number of alkyl halides is 1. The van der Waals surface area contributed by atoms with Gasteiger partial charge in [0.1, 0.15) is 17.3 Å². The molecule has 0 aromatic carbocycles. The number of carbonyl (C=O) groups is 2. The molecule has 0 amide bonds. The van der Waals surface area contributed by atoms with E-state index in [0.29, 0.717) is 17.6 Å². The van der Waals surface area contributed by atoms with Gasteiger partial charge < -0.3 is 4.74 Å². The van der Waals surface area contributed by atoms with Gasteiger partial charge in [-0.2, -0.15) is 0 Å². The lowest BCUT2D eigenvalue weighted by Crippen LogP contribution is -2.55. The Morgan fingerprint density at radius 3 is 2.82 bits per heavy atom. The van der Waals surface area contributed by atoms with Crippen molar-refractivity contribution in [1.82, 2.24) is 0 Å². The summed E-state index contributed by atoms with van der Waals surface area (Å²) < 4.78 is 5.47. The minimum atomic E-state index is -0.623. The molecule has 6 atom stereocenters. The van der Waals surface area contributed by atoms with Crippen LogP contribution in [-0.4, -0.2) is 23.2 Å². The summed E-state index contributed by atoms with van der Waals surface area (Å²) in [6.07, 6.45) is 3.83. The van der Waals surface area contributed by atoms with Crippen molar-refractivity contribution in [3.05, 3.63) is 0 Å². The predicted octanol–water partition coefficient (Wildman–Crippen LogP) is 2.16. The molecule has 0 aromatic heterocycles. The van der Waals surface area contributed by atoms with E-state index in [1.807, 2.05) is 0 Å². The van der Waals surface area contributed by atoms with Crippen LogP contribution in [0.5, 0.6) is 0 Å². The Morgan fingerprint density at radius 1 is 1.35 bits per heavy atom. The Bertz CT molecular complexity index is 366. The van der Waals surface area contributed by atoms with Gasteiger partial charge in [-0.15, -0.1) is 11.6 Å². The van der Waals surface area contributed by atoms with Crippen molar-refractivity contribution in [1.29, 1.82) is 0 Å². The van der Waals surface area contributed by atoms with Crippen molar-refractivity contribution < 1.29 is 14.3 Å². The van der Waals surface area contributed by atoms with Gasteiger partial charge in [0.05, 0.1) is 5.92 Å². The highest BCUT2D eigenvalue weighted by Crippen LogP contribution is 2.53. The van der Waals surface area contributed by atoms with Gasteiger partial charge in [-0.25, -0.2) is 0 Å². The van der Waals surface area contributed by atoms with Crippen LogP contribution in [0.3, 0.4) is 0 Å². The second-order valence-corrected chi connectivity index (χ2v) is 6.45. The van der Waals surface area contributed by atoms with Gasteiger partial charge in [0.25, 0.3) is 0 Å². The molecule has 4 aliphatic rings. The number of hydrogen-bond donors (Lipinski definition) is 0. The summed E-state index contributed by atoms with van der Waals surface area (Å²) >= 11 is 5.72. The average molecular weight is 257 g/mol. The summed E-state index contributed by atoms with van der Waals surface area (Å²) in [5, 5.41) is -0.623. The fourth-order valence-corrected chi connectivity index (χ4v) is 4.04. The molecule has 4 fully saturated rings. The van der Waals surface area contributed by atoms with E-state index >= 15 is 0 Å². The monoisotopic (exact) mass is 256 g/mol. The van der Waals surface area contributed by atoms with Crippen molar-refractivity contribution in [2.75, 3.05) is 0 Å². The maximum Gasteiger partial charge on any atom is 0.324 e. The fraction of sp³-hybridized carbons (Fsp3) is 0.846. The van der Waals surface area contributed by atoms with Crippen LogP contribution in [0.1, 0.15) is 32.6 Å². The number of hydrogen-bond acceptors (Lipinski definition) is 3. The largest absolute Gasteiger partial charge is 0.460 e. The molecule has 17 heavy (non-hydrogen) atoms. The molecule has 0 aromatic rings. The molecule has 6 unspecified atom stereocenters. The van der Waals surface area contributed by atoms with E-state index < -0.39 is 5.38 Å². The van der Waals surface area contributed by atoms with Crippen LogP contribution in [0, 0.1) is 23.7 Å². The third-order valence-corrected chi connectivity index (χ3v) is 4.81. The van der Waals surface area contributed by atoms with Crippen LogP contribution in [0.25, 0.3) is 0 Å².